The summed E-state index contributed by atoms with van der Waals surface area (Å²) in [6.07, 6.45) is 1.20. The van der Waals surface area contributed by atoms with Crippen LogP contribution >= 0.6 is 11.6 Å². The van der Waals surface area contributed by atoms with Crippen LogP contribution in [0.3, 0.4) is 0 Å². The molecule has 5 heteroatoms. The lowest BCUT2D eigenvalue weighted by atomic mass is 10.1. The molecule has 0 atom stereocenters. The van der Waals surface area contributed by atoms with E-state index in [9.17, 15) is 9.18 Å². The molecule has 0 saturated heterocycles. The maximum absolute atomic E-state index is 13.5. The van der Waals surface area contributed by atoms with Gasteiger partial charge < -0.3 is 5.11 Å². The highest BCUT2D eigenvalue weighted by Gasteiger charge is 2.13. The summed E-state index contributed by atoms with van der Waals surface area (Å²) < 4.78 is 13.5. The Morgan fingerprint density at radius 3 is 2.71 bits per heavy atom. The van der Waals surface area contributed by atoms with E-state index in [2.05, 4.69) is 4.98 Å². The van der Waals surface area contributed by atoms with Gasteiger partial charge in [0.05, 0.1) is 16.3 Å². The summed E-state index contributed by atoms with van der Waals surface area (Å²) in [5, 5.41) is 8.93. The van der Waals surface area contributed by atoms with Crippen molar-refractivity contribution in [3.8, 4) is 11.3 Å². The third-order valence-corrected chi connectivity index (χ3v) is 2.54. The fourth-order valence-electron chi connectivity index (χ4n) is 1.42. The van der Waals surface area contributed by atoms with Crippen LogP contribution in [0.5, 0.6) is 0 Å². The normalized spacial score (nSPS) is 10.2. The van der Waals surface area contributed by atoms with Crippen LogP contribution < -0.4 is 0 Å². The Bertz CT molecular complexity index is 586. The van der Waals surface area contributed by atoms with E-state index >= 15 is 0 Å². The van der Waals surface area contributed by atoms with Crippen LogP contribution in [0, 0.1) is 5.82 Å². The molecule has 0 bridgehead atoms. The van der Waals surface area contributed by atoms with E-state index < -0.39 is 11.8 Å². The molecule has 0 fully saturated rings. The monoisotopic (exact) mass is 251 g/mol. The van der Waals surface area contributed by atoms with Crippen molar-refractivity contribution < 1.29 is 14.3 Å². The molecule has 1 aromatic carbocycles. The Morgan fingerprint density at radius 2 is 2.06 bits per heavy atom. The highest BCUT2D eigenvalue weighted by molar-refractivity contribution is 6.33. The fourth-order valence-corrected chi connectivity index (χ4v) is 1.60. The summed E-state index contributed by atoms with van der Waals surface area (Å²) in [6, 6.07) is 7.26. The van der Waals surface area contributed by atoms with Crippen molar-refractivity contribution in [2.24, 2.45) is 0 Å². The first kappa shape index (κ1) is 11.5. The number of hydrogen-bond donors (Lipinski definition) is 1. The van der Waals surface area contributed by atoms with E-state index in [1.807, 2.05) is 0 Å². The van der Waals surface area contributed by atoms with Crippen molar-refractivity contribution >= 4 is 17.6 Å². The number of pyridine rings is 1. The lowest BCUT2D eigenvalue weighted by Crippen LogP contribution is -1.99. The molecule has 1 aromatic heterocycles. The number of aromatic nitrogens is 1. The molecule has 1 N–H and O–H groups in total. The van der Waals surface area contributed by atoms with E-state index in [1.165, 1.54) is 24.4 Å². The number of halogens is 2. The zero-order valence-corrected chi connectivity index (χ0v) is 9.28. The van der Waals surface area contributed by atoms with Gasteiger partial charge in [0, 0.05) is 11.8 Å². The van der Waals surface area contributed by atoms with Gasteiger partial charge in [0.1, 0.15) is 5.82 Å². The van der Waals surface area contributed by atoms with E-state index in [4.69, 9.17) is 16.7 Å². The predicted octanol–water partition coefficient (Wildman–Crippen LogP) is 3.24. The van der Waals surface area contributed by atoms with Gasteiger partial charge in [0.2, 0.25) is 0 Å². The number of rotatable bonds is 2. The van der Waals surface area contributed by atoms with E-state index in [1.54, 1.807) is 12.1 Å². The number of carboxylic acid groups (broad SMARTS) is 1. The Kier molecular flexibility index (Phi) is 3.06. The third kappa shape index (κ3) is 2.26. The van der Waals surface area contributed by atoms with Gasteiger partial charge in [-0.15, -0.1) is 0 Å². The highest BCUT2D eigenvalue weighted by atomic mass is 35.5. The van der Waals surface area contributed by atoms with Gasteiger partial charge in [-0.1, -0.05) is 23.7 Å². The highest BCUT2D eigenvalue weighted by Crippen LogP contribution is 2.24. The van der Waals surface area contributed by atoms with Crippen LogP contribution in [0.1, 0.15) is 10.4 Å². The SMILES string of the molecule is O=C(O)c1cc(-c2ccccc2F)ncc1Cl. The molecule has 0 radical (unpaired) electrons. The minimum atomic E-state index is -1.17. The zero-order chi connectivity index (χ0) is 12.4. The van der Waals surface area contributed by atoms with Crippen LogP contribution in [0.25, 0.3) is 11.3 Å². The van der Waals surface area contributed by atoms with Crippen LogP contribution in [0.15, 0.2) is 36.5 Å². The average Bonchev–Trinajstić information content (AvgIpc) is 2.30. The number of carbonyl (C=O) groups is 1. The maximum atomic E-state index is 13.5. The summed E-state index contributed by atoms with van der Waals surface area (Å²) in [6.45, 7) is 0. The van der Waals surface area contributed by atoms with Gasteiger partial charge in [-0.25, -0.2) is 9.18 Å². The molecule has 0 unspecified atom stereocenters. The molecule has 0 aliphatic carbocycles. The predicted molar refractivity (Wildman–Crippen MR) is 61.6 cm³/mol. The molecule has 86 valence electrons. The molecular formula is C12H7ClFNO2. The average molecular weight is 252 g/mol. The Labute approximate surface area is 101 Å². The van der Waals surface area contributed by atoms with Gasteiger partial charge in [-0.2, -0.15) is 0 Å². The third-order valence-electron chi connectivity index (χ3n) is 2.24. The molecular weight excluding hydrogens is 245 g/mol. The van der Waals surface area contributed by atoms with Gasteiger partial charge >= 0.3 is 5.97 Å². The van der Waals surface area contributed by atoms with Crippen molar-refractivity contribution in [3.05, 3.63) is 52.9 Å². The largest absolute Gasteiger partial charge is 0.478 e. The van der Waals surface area contributed by atoms with Crippen LogP contribution in [-0.2, 0) is 0 Å². The molecule has 2 aromatic rings. The van der Waals surface area contributed by atoms with Gasteiger partial charge in [-0.05, 0) is 18.2 Å². The Balaban J connectivity index is 2.58. The number of hydrogen-bond acceptors (Lipinski definition) is 2. The minimum Gasteiger partial charge on any atom is -0.478 e. The maximum Gasteiger partial charge on any atom is 0.337 e. The second-order valence-electron chi connectivity index (χ2n) is 3.33. The van der Waals surface area contributed by atoms with Gasteiger partial charge in [0.25, 0.3) is 0 Å². The van der Waals surface area contributed by atoms with Gasteiger partial charge in [0.15, 0.2) is 0 Å². The standard InChI is InChI=1S/C12H7ClFNO2/c13-9-6-15-11(5-8(9)12(16)17)7-3-1-2-4-10(7)14/h1-6H,(H,16,17). The van der Waals surface area contributed by atoms with E-state index in [0.29, 0.717) is 0 Å². The Hall–Kier alpha value is -1.94. The summed E-state index contributed by atoms with van der Waals surface area (Å²) in [4.78, 5) is 14.8. The first-order chi connectivity index (χ1) is 8.09. The number of aromatic carboxylic acids is 1. The van der Waals surface area contributed by atoms with Crippen molar-refractivity contribution in [1.82, 2.24) is 4.98 Å². The molecule has 0 spiro atoms. The molecule has 0 amide bonds. The summed E-state index contributed by atoms with van der Waals surface area (Å²) in [5.41, 5.74) is 0.386. The number of benzene rings is 1. The quantitative estimate of drug-likeness (QED) is 0.891. The molecule has 3 nitrogen and oxygen atoms in total. The summed E-state index contributed by atoms with van der Waals surface area (Å²) >= 11 is 5.68. The number of nitrogens with zero attached hydrogens (tertiary/aromatic N) is 1. The van der Waals surface area contributed by atoms with Crippen LogP contribution in [0.2, 0.25) is 5.02 Å². The van der Waals surface area contributed by atoms with E-state index in [0.717, 1.165) is 0 Å². The fraction of sp³-hybridized carbons (Fsp3) is 0. The topological polar surface area (TPSA) is 50.2 Å². The van der Waals surface area contributed by atoms with Gasteiger partial charge in [-0.3, -0.25) is 4.98 Å². The Morgan fingerprint density at radius 1 is 1.35 bits per heavy atom. The lowest BCUT2D eigenvalue weighted by molar-refractivity contribution is 0.0697. The lowest BCUT2D eigenvalue weighted by Gasteiger charge is -2.04. The molecule has 0 aliphatic heterocycles. The van der Waals surface area contributed by atoms with Crippen molar-refractivity contribution in [2.75, 3.05) is 0 Å². The second-order valence-corrected chi connectivity index (χ2v) is 3.74. The number of carboxylic acids is 1. The first-order valence-electron chi connectivity index (χ1n) is 4.73. The van der Waals surface area contributed by atoms with Crippen molar-refractivity contribution in [2.45, 2.75) is 0 Å². The second kappa shape index (κ2) is 4.51. The summed E-state index contributed by atoms with van der Waals surface area (Å²) in [5.74, 6) is -1.63. The molecule has 17 heavy (non-hydrogen) atoms. The first-order valence-corrected chi connectivity index (χ1v) is 5.11. The molecule has 2 rings (SSSR count). The zero-order valence-electron chi connectivity index (χ0n) is 8.52. The van der Waals surface area contributed by atoms with Crippen molar-refractivity contribution in [3.63, 3.8) is 0 Å². The smallest absolute Gasteiger partial charge is 0.337 e. The molecule has 0 aliphatic rings. The minimum absolute atomic E-state index is 0.0255. The summed E-state index contributed by atoms with van der Waals surface area (Å²) in [7, 11) is 0. The van der Waals surface area contributed by atoms with E-state index in [-0.39, 0.29) is 21.8 Å². The van der Waals surface area contributed by atoms with Crippen LogP contribution in [0.4, 0.5) is 4.39 Å². The molecule has 1 heterocycles. The van der Waals surface area contributed by atoms with Crippen molar-refractivity contribution in [1.29, 1.82) is 0 Å². The molecule has 0 saturated carbocycles. The van der Waals surface area contributed by atoms with Crippen LogP contribution in [-0.4, -0.2) is 16.1 Å².